The third kappa shape index (κ3) is 4.69. The van der Waals surface area contributed by atoms with Gasteiger partial charge in [0.2, 0.25) is 5.91 Å². The van der Waals surface area contributed by atoms with E-state index in [0.29, 0.717) is 43.2 Å². The van der Waals surface area contributed by atoms with E-state index >= 15 is 0 Å². The van der Waals surface area contributed by atoms with Crippen molar-refractivity contribution in [3.05, 3.63) is 30.6 Å². The summed E-state index contributed by atoms with van der Waals surface area (Å²) in [5, 5.41) is 12.5. The van der Waals surface area contributed by atoms with E-state index < -0.39 is 0 Å². The standard InChI is InChI=1S/C24H32N8O2/c1-29-10-12-30(13-11-29)19-6-4-18(5-7-19)22-27-23(25-8-16-33)21-24(28-22)32(17-26-21)15-14-31-9-2-3-20(31)34/h4-7,17,33H,2-3,8-16H2,1H3,(H,25,27,28). The highest BCUT2D eigenvalue weighted by Crippen LogP contribution is 2.26. The van der Waals surface area contributed by atoms with Crippen molar-refractivity contribution >= 4 is 28.6 Å². The normalized spacial score (nSPS) is 17.2. The van der Waals surface area contributed by atoms with E-state index in [1.807, 2.05) is 9.47 Å². The van der Waals surface area contributed by atoms with Crippen LogP contribution in [0.3, 0.4) is 0 Å². The van der Waals surface area contributed by atoms with Gasteiger partial charge in [0.25, 0.3) is 0 Å². The second kappa shape index (κ2) is 9.94. The smallest absolute Gasteiger partial charge is 0.222 e. The summed E-state index contributed by atoms with van der Waals surface area (Å²) in [5.74, 6) is 1.43. The second-order valence-electron chi connectivity index (χ2n) is 8.98. The number of carbonyl (C=O) groups excluding carboxylic acids is 1. The highest BCUT2D eigenvalue weighted by Gasteiger charge is 2.21. The predicted molar refractivity (Wildman–Crippen MR) is 132 cm³/mol. The Morgan fingerprint density at radius 1 is 1.03 bits per heavy atom. The summed E-state index contributed by atoms with van der Waals surface area (Å²) < 4.78 is 1.98. The molecule has 2 N–H and O–H groups in total. The number of rotatable bonds is 8. The lowest BCUT2D eigenvalue weighted by Crippen LogP contribution is -2.44. The summed E-state index contributed by atoms with van der Waals surface area (Å²) in [5.41, 5.74) is 3.52. The van der Waals surface area contributed by atoms with Crippen LogP contribution >= 0.6 is 0 Å². The number of nitrogens with one attached hydrogen (secondary N) is 1. The van der Waals surface area contributed by atoms with Gasteiger partial charge in [0.15, 0.2) is 17.3 Å². The van der Waals surface area contributed by atoms with Crippen molar-refractivity contribution in [2.45, 2.75) is 19.4 Å². The first-order valence-corrected chi connectivity index (χ1v) is 12.0. The van der Waals surface area contributed by atoms with Crippen LogP contribution in [-0.2, 0) is 11.3 Å². The first kappa shape index (κ1) is 22.5. The van der Waals surface area contributed by atoms with Crippen LogP contribution in [0.2, 0.25) is 0 Å². The van der Waals surface area contributed by atoms with Gasteiger partial charge in [0.1, 0.15) is 5.52 Å². The summed E-state index contributed by atoms with van der Waals surface area (Å²) in [4.78, 5) is 32.8. The van der Waals surface area contributed by atoms with Crippen molar-refractivity contribution in [2.24, 2.45) is 0 Å². The number of aliphatic hydroxyl groups is 1. The molecule has 34 heavy (non-hydrogen) atoms. The maximum atomic E-state index is 12.0. The lowest BCUT2D eigenvalue weighted by atomic mass is 10.1. The van der Waals surface area contributed by atoms with Crippen LogP contribution in [-0.4, -0.2) is 99.8 Å². The number of imidazole rings is 1. The average Bonchev–Trinajstić information content (AvgIpc) is 3.47. The van der Waals surface area contributed by atoms with Crippen LogP contribution in [0.1, 0.15) is 12.8 Å². The maximum Gasteiger partial charge on any atom is 0.222 e. The van der Waals surface area contributed by atoms with Crippen LogP contribution in [0.5, 0.6) is 0 Å². The summed E-state index contributed by atoms with van der Waals surface area (Å²) in [7, 11) is 2.16. The summed E-state index contributed by atoms with van der Waals surface area (Å²) >= 11 is 0. The van der Waals surface area contributed by atoms with E-state index in [1.165, 1.54) is 5.69 Å². The number of nitrogens with zero attached hydrogens (tertiary/aromatic N) is 7. The number of aromatic nitrogens is 4. The highest BCUT2D eigenvalue weighted by molar-refractivity contribution is 5.85. The number of hydrogen-bond acceptors (Lipinski definition) is 8. The Balaban J connectivity index is 1.42. The zero-order chi connectivity index (χ0) is 23.5. The zero-order valence-electron chi connectivity index (χ0n) is 19.7. The summed E-state index contributed by atoms with van der Waals surface area (Å²) in [6.07, 6.45) is 3.32. The van der Waals surface area contributed by atoms with Gasteiger partial charge in [-0.3, -0.25) is 4.79 Å². The predicted octanol–water partition coefficient (Wildman–Crippen LogP) is 1.27. The van der Waals surface area contributed by atoms with Crippen LogP contribution in [0, 0.1) is 0 Å². The van der Waals surface area contributed by atoms with Gasteiger partial charge >= 0.3 is 0 Å². The quantitative estimate of drug-likeness (QED) is 0.514. The molecule has 2 aromatic heterocycles. The molecule has 2 saturated heterocycles. The molecule has 180 valence electrons. The number of piperazine rings is 1. The minimum atomic E-state index is -0.00166. The van der Waals surface area contributed by atoms with Gasteiger partial charge in [-0.15, -0.1) is 0 Å². The molecular formula is C24H32N8O2. The van der Waals surface area contributed by atoms with E-state index in [1.54, 1.807) is 6.33 Å². The number of likely N-dealkylation sites (tertiary alicyclic amines) is 1. The van der Waals surface area contributed by atoms with Gasteiger partial charge in [0.05, 0.1) is 12.9 Å². The number of anilines is 2. The van der Waals surface area contributed by atoms with Gasteiger partial charge in [0, 0.05) is 70.0 Å². The molecule has 3 aromatic rings. The molecule has 1 amide bonds. The largest absolute Gasteiger partial charge is 0.395 e. The molecule has 0 unspecified atom stereocenters. The topological polar surface area (TPSA) is 103 Å². The minimum Gasteiger partial charge on any atom is -0.395 e. The average molecular weight is 465 g/mol. The number of likely N-dealkylation sites (N-methyl/N-ethyl adjacent to an activating group) is 1. The van der Waals surface area contributed by atoms with E-state index in [-0.39, 0.29) is 12.5 Å². The molecule has 2 aliphatic heterocycles. The molecule has 0 bridgehead atoms. The Kier molecular flexibility index (Phi) is 6.59. The van der Waals surface area contributed by atoms with E-state index in [9.17, 15) is 9.90 Å². The van der Waals surface area contributed by atoms with Gasteiger partial charge in [-0.25, -0.2) is 15.0 Å². The first-order valence-electron chi connectivity index (χ1n) is 12.0. The van der Waals surface area contributed by atoms with Crippen LogP contribution in [0.4, 0.5) is 11.5 Å². The number of carbonyl (C=O) groups is 1. The number of aliphatic hydroxyl groups excluding tert-OH is 1. The third-order valence-electron chi connectivity index (χ3n) is 6.64. The Morgan fingerprint density at radius 2 is 1.82 bits per heavy atom. The molecule has 0 spiro atoms. The monoisotopic (exact) mass is 464 g/mol. The second-order valence-corrected chi connectivity index (χ2v) is 8.98. The molecule has 0 aliphatic carbocycles. The van der Waals surface area contributed by atoms with Crippen LogP contribution in [0.25, 0.3) is 22.6 Å². The van der Waals surface area contributed by atoms with Gasteiger partial charge in [-0.2, -0.15) is 0 Å². The van der Waals surface area contributed by atoms with Crippen molar-refractivity contribution < 1.29 is 9.90 Å². The molecule has 4 heterocycles. The van der Waals surface area contributed by atoms with Gasteiger partial charge < -0.3 is 29.7 Å². The molecule has 2 aliphatic rings. The molecule has 10 nitrogen and oxygen atoms in total. The molecule has 1 aromatic carbocycles. The van der Waals surface area contributed by atoms with Gasteiger partial charge in [-0.05, 0) is 37.7 Å². The summed E-state index contributed by atoms with van der Waals surface area (Å²) in [6, 6.07) is 8.39. The third-order valence-corrected chi connectivity index (χ3v) is 6.64. The van der Waals surface area contributed by atoms with Crippen LogP contribution in [0.15, 0.2) is 30.6 Å². The van der Waals surface area contributed by atoms with Crippen molar-refractivity contribution in [1.29, 1.82) is 0 Å². The molecule has 5 rings (SSSR count). The Morgan fingerprint density at radius 3 is 2.53 bits per heavy atom. The molecule has 0 atom stereocenters. The van der Waals surface area contributed by atoms with E-state index in [0.717, 1.165) is 50.4 Å². The van der Waals surface area contributed by atoms with E-state index in [4.69, 9.17) is 9.97 Å². The van der Waals surface area contributed by atoms with E-state index in [2.05, 4.69) is 51.4 Å². The molecular weight excluding hydrogens is 432 g/mol. The molecule has 2 fully saturated rings. The van der Waals surface area contributed by atoms with Crippen molar-refractivity contribution in [3.8, 4) is 11.4 Å². The SMILES string of the molecule is CN1CCN(c2ccc(-c3nc(NCCO)c4ncn(CCN5CCCC5=O)c4n3)cc2)CC1. The zero-order valence-corrected chi connectivity index (χ0v) is 19.7. The molecule has 0 radical (unpaired) electrons. The van der Waals surface area contributed by atoms with Crippen molar-refractivity contribution in [2.75, 3.05) is 69.7 Å². The maximum absolute atomic E-state index is 12.0. The number of hydrogen-bond donors (Lipinski definition) is 2. The minimum absolute atomic E-state index is 0.00166. The summed E-state index contributed by atoms with van der Waals surface area (Å²) in [6.45, 7) is 6.63. The fourth-order valence-corrected chi connectivity index (χ4v) is 4.59. The lowest BCUT2D eigenvalue weighted by molar-refractivity contribution is -0.127. The van der Waals surface area contributed by atoms with Crippen molar-refractivity contribution in [3.63, 3.8) is 0 Å². The molecule has 0 saturated carbocycles. The van der Waals surface area contributed by atoms with Crippen LogP contribution < -0.4 is 10.2 Å². The fraction of sp³-hybridized carbons (Fsp3) is 0.500. The highest BCUT2D eigenvalue weighted by atomic mass is 16.3. The Labute approximate surface area is 199 Å². The molecule has 10 heteroatoms. The number of benzene rings is 1. The number of amides is 1. The lowest BCUT2D eigenvalue weighted by Gasteiger charge is -2.34. The number of fused-ring (bicyclic) bond motifs is 1. The van der Waals surface area contributed by atoms with Gasteiger partial charge in [-0.1, -0.05) is 0 Å². The Hall–Kier alpha value is -3.24. The van der Waals surface area contributed by atoms with Crippen molar-refractivity contribution in [1.82, 2.24) is 29.3 Å². The fourth-order valence-electron chi connectivity index (χ4n) is 4.59. The Bertz CT molecular complexity index is 1140. The first-order chi connectivity index (χ1) is 16.6.